The Balaban J connectivity index is 0.000000253. The third kappa shape index (κ3) is 9.05. The first-order valence-electron chi connectivity index (χ1n) is 10.8. The molecule has 0 fully saturated rings. The molecule has 6 nitrogen and oxygen atoms in total. The second-order valence-electron chi connectivity index (χ2n) is 7.35. The van der Waals surface area contributed by atoms with Gasteiger partial charge in [0.05, 0.1) is 14.2 Å². The molecule has 37 heavy (non-hydrogen) atoms. The minimum absolute atomic E-state index is 0. The monoisotopic (exact) mass is 669 g/mol. The molecule has 0 saturated heterocycles. The summed E-state index contributed by atoms with van der Waals surface area (Å²) in [5.41, 5.74) is 2.97. The van der Waals surface area contributed by atoms with Crippen molar-refractivity contribution in [2.24, 2.45) is 0 Å². The number of rotatable bonds is 6. The number of nitrogens with one attached hydrogen (secondary N) is 2. The molecule has 0 amide bonds. The van der Waals surface area contributed by atoms with Crippen molar-refractivity contribution in [3.63, 3.8) is 0 Å². The molecule has 193 valence electrons. The molecule has 2 N–H and O–H groups in total. The average Bonchev–Trinajstić information content (AvgIpc) is 2.90. The third-order valence-corrected chi connectivity index (χ3v) is 5.99. The normalized spacial score (nSPS) is 16.2. The Morgan fingerprint density at radius 3 is 1.32 bits per heavy atom. The van der Waals surface area contributed by atoms with E-state index in [0.29, 0.717) is 22.7 Å². The van der Waals surface area contributed by atoms with Crippen LogP contribution >= 0.6 is 31.9 Å². The topological polar surface area (TPSA) is 76.7 Å². The van der Waals surface area contributed by atoms with Crippen molar-refractivity contribution in [2.75, 3.05) is 24.9 Å². The van der Waals surface area contributed by atoms with Gasteiger partial charge in [-0.3, -0.25) is 9.59 Å². The van der Waals surface area contributed by atoms with E-state index in [-0.39, 0.29) is 28.3 Å². The molecule has 2 aliphatic rings. The molecule has 2 aliphatic carbocycles. The molecule has 9 heteroatoms. The maximum absolute atomic E-state index is 11.9. The van der Waals surface area contributed by atoms with Crippen LogP contribution in [0.25, 0.3) is 0 Å². The summed E-state index contributed by atoms with van der Waals surface area (Å²) < 4.78 is 12.0. The Labute approximate surface area is 243 Å². The van der Waals surface area contributed by atoms with Crippen LogP contribution in [0.3, 0.4) is 0 Å². The molecule has 0 bridgehead atoms. The SMILES string of the molecule is COC1=CC=C/C(=C/Nc2ccc(Br)cc2)C1=O.COC1=CC=C/C(=C/Nc2ccc(Br)cc2)C1=O.[Co]. The summed E-state index contributed by atoms with van der Waals surface area (Å²) in [4.78, 5) is 23.7. The number of allylic oxidation sites excluding steroid dienone is 8. The fourth-order valence-corrected chi connectivity index (χ4v) is 3.56. The van der Waals surface area contributed by atoms with Crippen LogP contribution in [0.4, 0.5) is 11.4 Å². The van der Waals surface area contributed by atoms with Gasteiger partial charge in [0.1, 0.15) is 0 Å². The van der Waals surface area contributed by atoms with Gasteiger partial charge in [0, 0.05) is 60.6 Å². The van der Waals surface area contributed by atoms with Crippen LogP contribution in [0, 0.1) is 0 Å². The van der Waals surface area contributed by atoms with E-state index in [1.54, 1.807) is 48.9 Å². The van der Waals surface area contributed by atoms with Gasteiger partial charge in [-0.25, -0.2) is 0 Å². The van der Waals surface area contributed by atoms with Gasteiger partial charge >= 0.3 is 0 Å². The van der Waals surface area contributed by atoms with Gasteiger partial charge in [-0.2, -0.15) is 0 Å². The fourth-order valence-electron chi connectivity index (χ4n) is 3.03. The summed E-state index contributed by atoms with van der Waals surface area (Å²) in [5.74, 6) is 0.455. The number of methoxy groups -OCH3 is 2. The van der Waals surface area contributed by atoms with E-state index in [1.807, 2.05) is 48.5 Å². The molecule has 0 atom stereocenters. The number of hydrogen-bond acceptors (Lipinski definition) is 6. The van der Waals surface area contributed by atoms with Gasteiger partial charge in [-0.1, -0.05) is 44.0 Å². The zero-order valence-corrected chi connectivity index (χ0v) is 24.2. The maximum Gasteiger partial charge on any atom is 0.228 e. The molecule has 0 aliphatic heterocycles. The van der Waals surface area contributed by atoms with Crippen molar-refractivity contribution < 1.29 is 35.8 Å². The first-order valence-corrected chi connectivity index (χ1v) is 12.4. The predicted molar refractivity (Wildman–Crippen MR) is 150 cm³/mol. The van der Waals surface area contributed by atoms with Crippen molar-refractivity contribution in [3.8, 4) is 0 Å². The minimum atomic E-state index is -0.121. The van der Waals surface area contributed by atoms with E-state index in [0.717, 1.165) is 20.3 Å². The number of ketones is 2. The standard InChI is InChI=1S/2C14H12BrNO2.Co/c2*1-18-13-4-2-3-10(14(13)17)9-16-12-7-5-11(15)6-8-12;/h2*2-9,16H,1H3;/b2*10-9-;. The van der Waals surface area contributed by atoms with Crippen molar-refractivity contribution in [1.29, 1.82) is 0 Å². The number of halogens is 2. The van der Waals surface area contributed by atoms with E-state index >= 15 is 0 Å². The van der Waals surface area contributed by atoms with Crippen LogP contribution in [0.2, 0.25) is 0 Å². The Bertz CT molecular complexity index is 1190. The van der Waals surface area contributed by atoms with E-state index in [9.17, 15) is 9.59 Å². The van der Waals surface area contributed by atoms with Crippen LogP contribution in [0.5, 0.6) is 0 Å². The molecule has 4 rings (SSSR count). The van der Waals surface area contributed by atoms with Crippen molar-refractivity contribution >= 4 is 54.8 Å². The zero-order chi connectivity index (χ0) is 25.9. The molecule has 2 aromatic carbocycles. The molecule has 2 aromatic rings. The molecule has 0 aromatic heterocycles. The molecule has 1 radical (unpaired) electrons. The van der Waals surface area contributed by atoms with Gasteiger partial charge in [0.15, 0.2) is 11.5 Å². The summed E-state index contributed by atoms with van der Waals surface area (Å²) in [7, 11) is 2.98. The van der Waals surface area contributed by atoms with E-state index in [1.165, 1.54) is 14.2 Å². The van der Waals surface area contributed by atoms with Gasteiger partial charge in [0.2, 0.25) is 11.6 Å². The van der Waals surface area contributed by atoms with Crippen molar-refractivity contribution in [1.82, 2.24) is 0 Å². The number of anilines is 2. The Hall–Kier alpha value is -3.11. The Kier molecular flexibility index (Phi) is 12.4. The molecule has 0 heterocycles. The van der Waals surface area contributed by atoms with Crippen LogP contribution < -0.4 is 10.6 Å². The predicted octanol–water partition coefficient (Wildman–Crippen LogP) is 6.83. The quantitative estimate of drug-likeness (QED) is 0.329. The summed E-state index contributed by atoms with van der Waals surface area (Å²) in [6, 6.07) is 15.4. The summed E-state index contributed by atoms with van der Waals surface area (Å²) in [5, 5.41) is 6.16. The third-order valence-electron chi connectivity index (χ3n) is 4.94. The average molecular weight is 671 g/mol. The first kappa shape index (κ1) is 30.1. The molecular weight excluding hydrogens is 647 g/mol. The van der Waals surface area contributed by atoms with Gasteiger partial charge in [-0.15, -0.1) is 0 Å². The van der Waals surface area contributed by atoms with Crippen molar-refractivity contribution in [3.05, 3.63) is 129 Å². The smallest absolute Gasteiger partial charge is 0.228 e. The molecule has 0 spiro atoms. The zero-order valence-electron chi connectivity index (χ0n) is 20.0. The Morgan fingerprint density at radius 1 is 0.649 bits per heavy atom. The minimum Gasteiger partial charge on any atom is -0.493 e. The number of carbonyl (C=O) groups is 2. The van der Waals surface area contributed by atoms with Gasteiger partial charge in [0.25, 0.3) is 0 Å². The van der Waals surface area contributed by atoms with Crippen LogP contribution in [-0.2, 0) is 35.8 Å². The van der Waals surface area contributed by atoms with E-state index in [4.69, 9.17) is 9.47 Å². The first-order chi connectivity index (χ1) is 17.4. The van der Waals surface area contributed by atoms with Gasteiger partial charge in [-0.05, 0) is 72.8 Å². The van der Waals surface area contributed by atoms with Crippen LogP contribution in [0.15, 0.2) is 129 Å². The summed E-state index contributed by atoms with van der Waals surface area (Å²) in [6.45, 7) is 0. The number of hydrogen-bond donors (Lipinski definition) is 2. The number of benzene rings is 2. The van der Waals surface area contributed by atoms with Crippen molar-refractivity contribution in [2.45, 2.75) is 0 Å². The second kappa shape index (κ2) is 15.2. The second-order valence-corrected chi connectivity index (χ2v) is 9.18. The van der Waals surface area contributed by atoms with Crippen LogP contribution in [0.1, 0.15) is 0 Å². The van der Waals surface area contributed by atoms with Crippen LogP contribution in [-0.4, -0.2) is 25.8 Å². The molecule has 0 unspecified atom stereocenters. The summed E-state index contributed by atoms with van der Waals surface area (Å²) >= 11 is 6.73. The van der Waals surface area contributed by atoms with E-state index < -0.39 is 0 Å². The fraction of sp³-hybridized carbons (Fsp3) is 0.0714. The number of Topliss-reactive ketones (excluding diaryl/α,β-unsaturated/α-hetero) is 2. The van der Waals surface area contributed by atoms with E-state index in [2.05, 4.69) is 42.5 Å². The molecular formula is C28H24Br2CoN2O4. The number of carbonyl (C=O) groups excluding carboxylic acids is 2. The number of ether oxygens (including phenoxy) is 2. The molecule has 0 saturated carbocycles. The Morgan fingerprint density at radius 2 is 1.00 bits per heavy atom. The van der Waals surface area contributed by atoms with Gasteiger partial charge < -0.3 is 20.1 Å². The summed E-state index contributed by atoms with van der Waals surface area (Å²) in [6.07, 6.45) is 13.7. The largest absolute Gasteiger partial charge is 0.493 e. The maximum atomic E-state index is 11.9.